The molecular weight excluding hydrogens is 486 g/mol. The number of fused-ring (bicyclic) bond motifs is 1. The van der Waals surface area contributed by atoms with E-state index in [1.165, 1.54) is 6.26 Å². The summed E-state index contributed by atoms with van der Waals surface area (Å²) < 4.78 is 12.9. The number of rotatable bonds is 6. The van der Waals surface area contributed by atoms with E-state index in [1.807, 2.05) is 19.9 Å². The third kappa shape index (κ3) is 4.63. The largest absolute Gasteiger partial charge is 0.459 e. The molecule has 2 fully saturated rings. The fourth-order valence-corrected chi connectivity index (χ4v) is 5.66. The van der Waals surface area contributed by atoms with Crippen LogP contribution in [0.1, 0.15) is 52.0 Å². The van der Waals surface area contributed by atoms with E-state index in [0.29, 0.717) is 49.9 Å². The lowest BCUT2D eigenvalue weighted by atomic mass is 10.00. The summed E-state index contributed by atoms with van der Waals surface area (Å²) in [7, 11) is 0. The Hall–Kier alpha value is -3.83. The number of hydrogen-bond donors (Lipinski definition) is 1. The van der Waals surface area contributed by atoms with E-state index in [-0.39, 0.29) is 17.6 Å². The van der Waals surface area contributed by atoms with E-state index in [4.69, 9.17) is 9.15 Å². The first-order valence-electron chi connectivity index (χ1n) is 13.1. The standard InChI is InChI=1S/C27H31N7O4/c1-17-13-18(2)23-19(14-17)15-21(26(35)28-23)24(25-29-30-31-34(25)16-20-5-3-11-37-20)32-7-9-33(10-8-32)27(36)22-6-4-12-38-22/h4,6,12-15,20,24H,3,5,7-11,16H2,1-2H3,(H,28,35)/t20-,24+/m1/s1. The van der Waals surface area contributed by atoms with Gasteiger partial charge in [-0.25, -0.2) is 4.68 Å². The van der Waals surface area contributed by atoms with Crippen LogP contribution in [0.25, 0.3) is 10.9 Å². The number of furan rings is 1. The fourth-order valence-electron chi connectivity index (χ4n) is 5.66. The van der Waals surface area contributed by atoms with Gasteiger partial charge < -0.3 is 19.0 Å². The number of nitrogens with one attached hydrogen (secondary N) is 1. The minimum absolute atomic E-state index is 0.0425. The van der Waals surface area contributed by atoms with E-state index >= 15 is 0 Å². The Balaban J connectivity index is 1.37. The Kier molecular flexibility index (Phi) is 6.54. The molecule has 1 amide bonds. The number of tetrazole rings is 1. The van der Waals surface area contributed by atoms with Gasteiger partial charge in [0.05, 0.1) is 24.4 Å². The Morgan fingerprint density at radius 1 is 1.18 bits per heavy atom. The van der Waals surface area contributed by atoms with Gasteiger partial charge in [-0.05, 0) is 72.3 Å². The molecule has 1 N–H and O–H groups in total. The Morgan fingerprint density at radius 3 is 2.76 bits per heavy atom. The maximum atomic E-state index is 13.6. The van der Waals surface area contributed by atoms with Gasteiger partial charge in [0.2, 0.25) is 0 Å². The fraction of sp³-hybridized carbons (Fsp3) is 0.444. The SMILES string of the molecule is Cc1cc(C)c2[nH]c(=O)c([C@@H](c3nnnn3C[C@H]3CCCO3)N3CCN(C(=O)c4ccco4)CC3)cc2c1. The van der Waals surface area contributed by atoms with Crippen molar-refractivity contribution in [2.45, 2.75) is 45.4 Å². The minimum Gasteiger partial charge on any atom is -0.459 e. The van der Waals surface area contributed by atoms with Crippen molar-refractivity contribution < 1.29 is 13.9 Å². The first-order valence-corrected chi connectivity index (χ1v) is 13.1. The Bertz CT molecular complexity index is 1500. The van der Waals surface area contributed by atoms with Crippen LogP contribution in [0.15, 0.2) is 45.8 Å². The van der Waals surface area contributed by atoms with Crippen molar-refractivity contribution in [3.63, 3.8) is 0 Å². The van der Waals surface area contributed by atoms with Crippen molar-refractivity contribution in [3.8, 4) is 0 Å². The summed E-state index contributed by atoms with van der Waals surface area (Å²) in [6.45, 7) is 7.40. The maximum absolute atomic E-state index is 13.6. The average molecular weight is 518 g/mol. The van der Waals surface area contributed by atoms with Crippen LogP contribution in [-0.2, 0) is 11.3 Å². The van der Waals surface area contributed by atoms with E-state index in [9.17, 15) is 9.59 Å². The van der Waals surface area contributed by atoms with Crippen molar-refractivity contribution in [2.75, 3.05) is 32.8 Å². The van der Waals surface area contributed by atoms with Crippen LogP contribution in [0.3, 0.4) is 0 Å². The number of pyridine rings is 1. The van der Waals surface area contributed by atoms with Crippen LogP contribution in [0.2, 0.25) is 0 Å². The number of carbonyl (C=O) groups is 1. The average Bonchev–Trinajstić information content (AvgIpc) is 3.70. The van der Waals surface area contributed by atoms with Gasteiger partial charge in [0.25, 0.3) is 11.5 Å². The lowest BCUT2D eigenvalue weighted by Gasteiger charge is -2.38. The number of aryl methyl sites for hydroxylation is 2. The highest BCUT2D eigenvalue weighted by Gasteiger charge is 2.35. The summed E-state index contributed by atoms with van der Waals surface area (Å²) >= 11 is 0. The topological polar surface area (TPSA) is 122 Å². The number of nitrogens with zero attached hydrogens (tertiary/aromatic N) is 6. The summed E-state index contributed by atoms with van der Waals surface area (Å²) in [5, 5.41) is 13.7. The predicted octanol–water partition coefficient (Wildman–Crippen LogP) is 2.45. The molecule has 38 heavy (non-hydrogen) atoms. The number of ether oxygens (including phenoxy) is 1. The Morgan fingerprint density at radius 2 is 2.03 bits per heavy atom. The number of aromatic amines is 1. The molecule has 0 radical (unpaired) electrons. The summed E-state index contributed by atoms with van der Waals surface area (Å²) in [6, 6.07) is 9.00. The Labute approximate surface area is 219 Å². The zero-order valence-corrected chi connectivity index (χ0v) is 21.6. The first kappa shape index (κ1) is 24.5. The molecule has 5 heterocycles. The molecular formula is C27H31N7O4. The molecule has 0 aliphatic carbocycles. The lowest BCUT2D eigenvalue weighted by molar-refractivity contribution is 0.0550. The van der Waals surface area contributed by atoms with Gasteiger partial charge >= 0.3 is 0 Å². The zero-order chi connectivity index (χ0) is 26.2. The van der Waals surface area contributed by atoms with Crippen molar-refractivity contribution in [3.05, 3.63) is 75.2 Å². The number of piperazine rings is 1. The molecule has 2 atom stereocenters. The predicted molar refractivity (Wildman–Crippen MR) is 139 cm³/mol. The highest BCUT2D eigenvalue weighted by Crippen LogP contribution is 2.29. The summed E-state index contributed by atoms with van der Waals surface area (Å²) in [5.41, 5.74) is 3.38. The van der Waals surface area contributed by atoms with Gasteiger partial charge in [0.1, 0.15) is 6.04 Å². The van der Waals surface area contributed by atoms with Gasteiger partial charge in [-0.3, -0.25) is 14.5 Å². The molecule has 2 saturated heterocycles. The van der Waals surface area contributed by atoms with E-state index in [0.717, 1.165) is 41.5 Å². The van der Waals surface area contributed by atoms with Crippen LogP contribution in [0.4, 0.5) is 0 Å². The van der Waals surface area contributed by atoms with Crippen molar-refractivity contribution in [2.24, 2.45) is 0 Å². The highest BCUT2D eigenvalue weighted by atomic mass is 16.5. The van der Waals surface area contributed by atoms with Crippen LogP contribution in [0.5, 0.6) is 0 Å². The molecule has 1 aromatic carbocycles. The van der Waals surface area contributed by atoms with Crippen LogP contribution >= 0.6 is 0 Å². The monoisotopic (exact) mass is 517 g/mol. The summed E-state index contributed by atoms with van der Waals surface area (Å²) in [4.78, 5) is 33.5. The third-order valence-electron chi connectivity index (χ3n) is 7.52. The van der Waals surface area contributed by atoms with Gasteiger partial charge in [0, 0.05) is 38.3 Å². The van der Waals surface area contributed by atoms with Crippen LogP contribution in [0, 0.1) is 13.8 Å². The zero-order valence-electron chi connectivity index (χ0n) is 21.6. The summed E-state index contributed by atoms with van der Waals surface area (Å²) in [6.07, 6.45) is 3.51. The maximum Gasteiger partial charge on any atom is 0.289 e. The van der Waals surface area contributed by atoms with Crippen molar-refractivity contribution in [1.82, 2.24) is 35.0 Å². The molecule has 0 saturated carbocycles. The second-order valence-electron chi connectivity index (χ2n) is 10.2. The molecule has 4 aromatic rings. The van der Waals surface area contributed by atoms with Crippen molar-refractivity contribution in [1.29, 1.82) is 0 Å². The van der Waals surface area contributed by atoms with Crippen molar-refractivity contribution >= 4 is 16.8 Å². The van der Waals surface area contributed by atoms with Gasteiger partial charge in [-0.15, -0.1) is 5.10 Å². The van der Waals surface area contributed by atoms with E-state index in [1.54, 1.807) is 21.7 Å². The molecule has 3 aromatic heterocycles. The summed E-state index contributed by atoms with van der Waals surface area (Å²) in [5.74, 6) is 0.789. The molecule has 0 unspecified atom stereocenters. The smallest absolute Gasteiger partial charge is 0.289 e. The molecule has 11 heteroatoms. The second kappa shape index (κ2) is 10.1. The number of H-pyrrole nitrogens is 1. The molecule has 11 nitrogen and oxygen atoms in total. The normalized spacial score (nSPS) is 19.3. The number of carbonyl (C=O) groups excluding carboxylic acids is 1. The van der Waals surface area contributed by atoms with Gasteiger partial charge in [0.15, 0.2) is 11.6 Å². The quantitative estimate of drug-likeness (QED) is 0.414. The van der Waals surface area contributed by atoms with Gasteiger partial charge in [-0.2, -0.15) is 0 Å². The number of hydrogen-bond acceptors (Lipinski definition) is 8. The highest BCUT2D eigenvalue weighted by molar-refractivity contribution is 5.91. The van der Waals surface area contributed by atoms with Crippen LogP contribution < -0.4 is 5.56 Å². The first-order chi connectivity index (χ1) is 18.5. The number of amides is 1. The number of benzene rings is 1. The molecule has 0 bridgehead atoms. The van der Waals surface area contributed by atoms with E-state index < -0.39 is 6.04 Å². The molecule has 2 aliphatic heterocycles. The molecule has 0 spiro atoms. The van der Waals surface area contributed by atoms with Crippen LogP contribution in [-0.4, -0.2) is 79.8 Å². The minimum atomic E-state index is -0.485. The molecule has 198 valence electrons. The lowest BCUT2D eigenvalue weighted by Crippen LogP contribution is -2.50. The molecule has 2 aliphatic rings. The van der Waals surface area contributed by atoms with E-state index in [2.05, 4.69) is 37.5 Å². The number of aromatic nitrogens is 5. The second-order valence-corrected chi connectivity index (χ2v) is 10.2. The van der Waals surface area contributed by atoms with Gasteiger partial charge in [-0.1, -0.05) is 11.6 Å². The molecule has 6 rings (SSSR count). The third-order valence-corrected chi connectivity index (χ3v) is 7.52.